The number of nitrogens with one attached hydrogen (secondary N) is 1. The molecule has 36 heavy (non-hydrogen) atoms. The highest BCUT2D eigenvalue weighted by Gasteiger charge is 2.48. The van der Waals surface area contributed by atoms with Gasteiger partial charge >= 0.3 is 0 Å². The van der Waals surface area contributed by atoms with Gasteiger partial charge in [-0.1, -0.05) is 49.9 Å². The van der Waals surface area contributed by atoms with E-state index in [9.17, 15) is 9.59 Å². The second kappa shape index (κ2) is 9.96. The molecule has 7 nitrogen and oxygen atoms in total. The molecule has 1 atom stereocenters. The Morgan fingerprint density at radius 2 is 1.78 bits per heavy atom. The summed E-state index contributed by atoms with van der Waals surface area (Å²) in [6.45, 7) is 6.56. The second-order valence-electron chi connectivity index (χ2n) is 10.6. The molecule has 0 unspecified atom stereocenters. The van der Waals surface area contributed by atoms with E-state index in [-0.39, 0.29) is 24.0 Å². The molecule has 5 rings (SSSR count). The van der Waals surface area contributed by atoms with E-state index in [1.165, 1.54) is 12.8 Å². The largest absolute Gasteiger partial charge is 0.491 e. The number of ether oxygens (including phenoxy) is 1. The fourth-order valence-corrected chi connectivity index (χ4v) is 5.47. The van der Waals surface area contributed by atoms with Crippen molar-refractivity contribution in [2.45, 2.75) is 90.1 Å². The highest BCUT2D eigenvalue weighted by molar-refractivity contribution is 6.01. The van der Waals surface area contributed by atoms with E-state index in [1.54, 1.807) is 4.90 Å². The summed E-state index contributed by atoms with van der Waals surface area (Å²) in [6.07, 6.45) is 6.77. The van der Waals surface area contributed by atoms with E-state index < -0.39 is 5.54 Å². The van der Waals surface area contributed by atoms with Gasteiger partial charge in [-0.2, -0.15) is 0 Å². The average molecular weight is 489 g/mol. The third-order valence-corrected chi connectivity index (χ3v) is 7.47. The van der Waals surface area contributed by atoms with Crippen molar-refractivity contribution in [3.05, 3.63) is 59.9 Å². The van der Waals surface area contributed by atoms with Gasteiger partial charge in [-0.25, -0.2) is 4.98 Å². The Bertz CT molecular complexity index is 1240. The molecule has 2 aromatic carbocycles. The molecule has 2 aliphatic rings. The van der Waals surface area contributed by atoms with Crippen LogP contribution in [0.1, 0.15) is 75.5 Å². The van der Waals surface area contributed by atoms with Crippen LogP contribution in [0, 0.1) is 0 Å². The first-order valence-corrected chi connectivity index (χ1v) is 13.2. The highest BCUT2D eigenvalue weighted by Crippen LogP contribution is 2.33. The number of hydrogen-bond acceptors (Lipinski definition) is 4. The summed E-state index contributed by atoms with van der Waals surface area (Å²) in [7, 11) is 0. The topological polar surface area (TPSA) is 76.5 Å². The number of amides is 2. The van der Waals surface area contributed by atoms with E-state index in [2.05, 4.69) is 10.3 Å². The van der Waals surface area contributed by atoms with Crippen LogP contribution < -0.4 is 10.1 Å². The third kappa shape index (κ3) is 4.71. The summed E-state index contributed by atoms with van der Waals surface area (Å²) in [6, 6.07) is 15.7. The number of aromatic nitrogens is 2. The molecule has 1 aromatic heterocycles. The number of nitrogens with zero attached hydrogens (tertiary/aromatic N) is 3. The Balaban J connectivity index is 1.49. The van der Waals surface area contributed by atoms with Gasteiger partial charge in [0.25, 0.3) is 5.91 Å². The molecule has 1 aliphatic heterocycles. The van der Waals surface area contributed by atoms with Crippen LogP contribution in [0.3, 0.4) is 0 Å². The van der Waals surface area contributed by atoms with Crippen LogP contribution in [0.5, 0.6) is 5.75 Å². The quantitative estimate of drug-likeness (QED) is 0.491. The van der Waals surface area contributed by atoms with Crippen molar-refractivity contribution in [3.63, 3.8) is 0 Å². The molecule has 0 radical (unpaired) electrons. The van der Waals surface area contributed by atoms with Crippen LogP contribution in [0.2, 0.25) is 0 Å². The maximum Gasteiger partial charge on any atom is 0.291 e. The number of carbonyl (C=O) groups is 2. The van der Waals surface area contributed by atoms with Crippen LogP contribution >= 0.6 is 0 Å². The zero-order chi connectivity index (χ0) is 25.3. The summed E-state index contributed by atoms with van der Waals surface area (Å²) >= 11 is 0. The van der Waals surface area contributed by atoms with Crippen LogP contribution in [0.15, 0.2) is 48.5 Å². The smallest absolute Gasteiger partial charge is 0.291 e. The van der Waals surface area contributed by atoms with Crippen LogP contribution in [-0.4, -0.2) is 44.0 Å². The first-order valence-electron chi connectivity index (χ1n) is 13.2. The first-order chi connectivity index (χ1) is 17.3. The van der Waals surface area contributed by atoms with Crippen molar-refractivity contribution in [1.29, 1.82) is 0 Å². The van der Waals surface area contributed by atoms with Crippen molar-refractivity contribution in [2.24, 2.45) is 0 Å². The van der Waals surface area contributed by atoms with Gasteiger partial charge in [0.05, 0.1) is 23.7 Å². The zero-order valence-electron chi connectivity index (χ0n) is 21.5. The van der Waals surface area contributed by atoms with Crippen molar-refractivity contribution in [2.75, 3.05) is 0 Å². The molecule has 1 fully saturated rings. The van der Waals surface area contributed by atoms with Crippen molar-refractivity contribution in [1.82, 2.24) is 19.8 Å². The summed E-state index contributed by atoms with van der Waals surface area (Å²) in [5.41, 5.74) is 1.54. The van der Waals surface area contributed by atoms with Gasteiger partial charge in [-0.15, -0.1) is 0 Å². The van der Waals surface area contributed by atoms with Gasteiger partial charge in [0, 0.05) is 12.6 Å². The Hall–Kier alpha value is -3.35. The molecule has 7 heteroatoms. The molecule has 2 heterocycles. The number of rotatable bonds is 6. The van der Waals surface area contributed by atoms with Gasteiger partial charge in [0.2, 0.25) is 5.91 Å². The van der Waals surface area contributed by atoms with Gasteiger partial charge in [0.1, 0.15) is 11.3 Å². The lowest BCUT2D eigenvalue weighted by atomic mass is 9.93. The van der Waals surface area contributed by atoms with Crippen LogP contribution in [0.25, 0.3) is 11.0 Å². The minimum Gasteiger partial charge on any atom is -0.491 e. The van der Waals surface area contributed by atoms with Crippen molar-refractivity contribution >= 4 is 22.8 Å². The maximum absolute atomic E-state index is 13.9. The molecule has 0 bridgehead atoms. The summed E-state index contributed by atoms with van der Waals surface area (Å²) in [5.74, 6) is 0.856. The predicted octanol–water partition coefficient (Wildman–Crippen LogP) is 5.08. The number of fused-ring (bicyclic) bond motifs is 3. The lowest BCUT2D eigenvalue weighted by Gasteiger charge is -2.44. The Morgan fingerprint density at radius 1 is 1.08 bits per heavy atom. The van der Waals surface area contributed by atoms with E-state index in [1.807, 2.05) is 73.9 Å². The van der Waals surface area contributed by atoms with Crippen molar-refractivity contribution < 1.29 is 14.3 Å². The van der Waals surface area contributed by atoms with Crippen molar-refractivity contribution in [3.8, 4) is 5.75 Å². The predicted molar refractivity (Wildman–Crippen MR) is 140 cm³/mol. The number of benzene rings is 2. The fourth-order valence-electron chi connectivity index (χ4n) is 5.47. The Labute approximate surface area is 212 Å². The molecule has 0 spiro atoms. The van der Waals surface area contributed by atoms with Crippen LogP contribution in [-0.2, 0) is 17.9 Å². The molecule has 0 saturated heterocycles. The Kier molecular flexibility index (Phi) is 6.73. The molecular weight excluding hydrogens is 452 g/mol. The first kappa shape index (κ1) is 24.3. The van der Waals surface area contributed by atoms with E-state index in [4.69, 9.17) is 4.74 Å². The molecule has 1 aliphatic carbocycles. The highest BCUT2D eigenvalue weighted by atomic mass is 16.5. The maximum atomic E-state index is 13.9. The summed E-state index contributed by atoms with van der Waals surface area (Å²) in [4.78, 5) is 34.2. The molecule has 2 amide bonds. The van der Waals surface area contributed by atoms with Gasteiger partial charge in [-0.05, 0) is 63.4 Å². The number of hydrogen-bond donors (Lipinski definition) is 1. The molecule has 3 aromatic rings. The van der Waals surface area contributed by atoms with Gasteiger partial charge < -0.3 is 19.5 Å². The molecule has 190 valence electrons. The SMILES string of the molecule is CC(C)Oc1ccc(CN2C(=O)c3nc4ccccc4n3C[C@@]2(C)C(=O)NC2CCCCCC2)cc1. The normalized spacial score (nSPS) is 20.9. The third-order valence-electron chi connectivity index (χ3n) is 7.47. The standard InChI is InChI=1S/C29H36N4O3/c1-20(2)36-23-16-14-21(15-17-23)18-33-27(34)26-31-24-12-8-9-13-25(24)32(26)19-29(33,3)28(35)30-22-10-6-4-5-7-11-22/h8-9,12-17,20,22H,4-7,10-11,18-19H2,1-3H3,(H,30,35)/t29-/m0/s1. The van der Waals surface area contributed by atoms with E-state index in [0.29, 0.717) is 18.9 Å². The summed E-state index contributed by atoms with van der Waals surface area (Å²) in [5, 5.41) is 3.32. The lowest BCUT2D eigenvalue weighted by Crippen LogP contribution is -2.64. The molecular formula is C29H36N4O3. The van der Waals surface area contributed by atoms with E-state index >= 15 is 0 Å². The zero-order valence-corrected chi connectivity index (χ0v) is 21.5. The molecule has 1 N–H and O–H groups in total. The number of carbonyl (C=O) groups excluding carboxylic acids is 2. The number of imidazole rings is 1. The van der Waals surface area contributed by atoms with Gasteiger partial charge in [0.15, 0.2) is 5.82 Å². The molecule has 1 saturated carbocycles. The minimum absolute atomic E-state index is 0.0866. The fraction of sp³-hybridized carbons (Fsp3) is 0.483. The number of para-hydroxylation sites is 2. The average Bonchev–Trinajstić information content (AvgIpc) is 3.02. The minimum atomic E-state index is -1.05. The monoisotopic (exact) mass is 488 g/mol. The Morgan fingerprint density at radius 3 is 2.47 bits per heavy atom. The second-order valence-corrected chi connectivity index (χ2v) is 10.6. The van der Waals surface area contributed by atoms with E-state index in [0.717, 1.165) is 48.0 Å². The lowest BCUT2D eigenvalue weighted by molar-refractivity contribution is -0.134. The summed E-state index contributed by atoms with van der Waals surface area (Å²) < 4.78 is 7.69. The van der Waals surface area contributed by atoms with Gasteiger partial charge in [-0.3, -0.25) is 9.59 Å². The van der Waals surface area contributed by atoms with Crippen LogP contribution in [0.4, 0.5) is 0 Å².